The van der Waals surface area contributed by atoms with E-state index in [-0.39, 0.29) is 23.9 Å². The summed E-state index contributed by atoms with van der Waals surface area (Å²) in [5.74, 6) is -1.19. The van der Waals surface area contributed by atoms with Gasteiger partial charge in [-0.1, -0.05) is 23.5 Å². The lowest BCUT2D eigenvalue weighted by Gasteiger charge is -2.06. The number of benzene rings is 1. The van der Waals surface area contributed by atoms with E-state index in [1.54, 1.807) is 19.1 Å². The molecule has 0 radical (unpaired) electrons. The number of carbonyl (C=O) groups is 1. The average molecular weight is 361 g/mol. The van der Waals surface area contributed by atoms with E-state index < -0.39 is 11.3 Å². The molecule has 0 atom stereocenters. The number of nitrogens with one attached hydrogen (secondary N) is 1. The van der Waals surface area contributed by atoms with Gasteiger partial charge in [-0.2, -0.15) is 0 Å². The highest BCUT2D eigenvalue weighted by Crippen LogP contribution is 2.15. The molecule has 1 amide bonds. The molecule has 3 aromatic rings. The number of hydrogen-bond donors (Lipinski definition) is 1. The summed E-state index contributed by atoms with van der Waals surface area (Å²) < 4.78 is 23.3. The Kier molecular flexibility index (Phi) is 4.85. The topological polar surface area (TPSA) is 94.3 Å². The molecule has 0 unspecified atom stereocenters. The van der Waals surface area contributed by atoms with Crippen LogP contribution in [0.4, 0.5) is 9.52 Å². The average Bonchev–Trinajstić information content (AvgIpc) is 3.00. The minimum Gasteiger partial charge on any atom is -0.482 e. The summed E-state index contributed by atoms with van der Waals surface area (Å²) in [6.45, 7) is 1.82. The monoisotopic (exact) mass is 361 g/mol. The van der Waals surface area contributed by atoms with Crippen LogP contribution >= 0.6 is 11.3 Å². The fraction of sp³-hybridized carbons (Fsp3) is 0.125. The Bertz CT molecular complexity index is 953. The third kappa shape index (κ3) is 4.27. The minimum atomic E-state index is -0.613. The van der Waals surface area contributed by atoms with Crippen LogP contribution in [0.3, 0.4) is 0 Å². The largest absolute Gasteiger partial charge is 0.482 e. The quantitative estimate of drug-likeness (QED) is 0.751. The normalized spacial score (nSPS) is 10.5. The Balaban J connectivity index is 1.66. The molecule has 2 heterocycles. The van der Waals surface area contributed by atoms with Gasteiger partial charge in [-0.05, 0) is 24.6 Å². The number of halogens is 1. The molecule has 0 saturated heterocycles. The van der Waals surface area contributed by atoms with Crippen molar-refractivity contribution in [1.82, 2.24) is 10.2 Å². The van der Waals surface area contributed by atoms with E-state index in [9.17, 15) is 14.0 Å². The maximum absolute atomic E-state index is 12.8. The maximum atomic E-state index is 12.8. The van der Waals surface area contributed by atoms with Crippen LogP contribution in [0, 0.1) is 12.7 Å². The first-order valence-electron chi connectivity index (χ1n) is 7.13. The summed E-state index contributed by atoms with van der Waals surface area (Å²) in [6, 6.07) is 6.71. The zero-order valence-electron chi connectivity index (χ0n) is 13.0. The number of nitrogens with zero attached hydrogens (tertiary/aromatic N) is 2. The third-order valence-corrected chi connectivity index (χ3v) is 3.83. The molecule has 0 fully saturated rings. The van der Waals surface area contributed by atoms with Crippen LogP contribution in [-0.2, 0) is 6.61 Å². The van der Waals surface area contributed by atoms with Crippen molar-refractivity contribution in [2.45, 2.75) is 13.5 Å². The summed E-state index contributed by atoms with van der Waals surface area (Å²) in [6.07, 6.45) is 1.06. The smallest absolute Gasteiger partial charge is 0.293 e. The molecule has 1 N–H and O–H groups in total. The van der Waals surface area contributed by atoms with E-state index in [1.807, 2.05) is 0 Å². The Morgan fingerprint density at radius 2 is 2.08 bits per heavy atom. The molecule has 9 heteroatoms. The van der Waals surface area contributed by atoms with Crippen LogP contribution in [0.5, 0.6) is 5.75 Å². The second kappa shape index (κ2) is 7.22. The van der Waals surface area contributed by atoms with Crippen molar-refractivity contribution in [3.63, 3.8) is 0 Å². The number of aromatic nitrogens is 2. The molecule has 0 saturated carbocycles. The lowest BCUT2D eigenvalue weighted by atomic mass is 10.2. The molecule has 0 spiro atoms. The molecular formula is C16H12FN3O4S. The summed E-state index contributed by atoms with van der Waals surface area (Å²) in [7, 11) is 0. The predicted octanol–water partition coefficient (Wildman–Crippen LogP) is 2.77. The van der Waals surface area contributed by atoms with Crippen molar-refractivity contribution in [3.8, 4) is 5.75 Å². The van der Waals surface area contributed by atoms with Gasteiger partial charge in [-0.3, -0.25) is 14.9 Å². The van der Waals surface area contributed by atoms with Gasteiger partial charge in [0.05, 0.1) is 0 Å². The number of carbonyl (C=O) groups excluding carboxylic acids is 1. The van der Waals surface area contributed by atoms with Crippen molar-refractivity contribution in [1.29, 1.82) is 0 Å². The van der Waals surface area contributed by atoms with Gasteiger partial charge in [0.1, 0.15) is 23.7 Å². The molecule has 128 valence electrons. The predicted molar refractivity (Wildman–Crippen MR) is 88.3 cm³/mol. The summed E-state index contributed by atoms with van der Waals surface area (Å²) in [5, 5.41) is 11.0. The highest BCUT2D eigenvalue weighted by molar-refractivity contribution is 7.15. The fourth-order valence-corrected chi connectivity index (χ4v) is 2.46. The number of hydrogen-bond acceptors (Lipinski definition) is 7. The van der Waals surface area contributed by atoms with Crippen molar-refractivity contribution in [2.24, 2.45) is 0 Å². The molecule has 1 aromatic carbocycles. The highest BCUT2D eigenvalue weighted by Gasteiger charge is 2.14. The molecule has 0 bridgehead atoms. The van der Waals surface area contributed by atoms with Gasteiger partial charge >= 0.3 is 0 Å². The van der Waals surface area contributed by atoms with E-state index in [2.05, 4.69) is 15.5 Å². The first kappa shape index (κ1) is 16.8. The summed E-state index contributed by atoms with van der Waals surface area (Å²) >= 11 is 1.20. The van der Waals surface area contributed by atoms with E-state index in [4.69, 9.17) is 9.15 Å². The Morgan fingerprint density at radius 3 is 2.72 bits per heavy atom. The van der Waals surface area contributed by atoms with Crippen LogP contribution < -0.4 is 15.5 Å². The molecule has 0 aliphatic heterocycles. The maximum Gasteiger partial charge on any atom is 0.293 e. The van der Waals surface area contributed by atoms with Gasteiger partial charge in [-0.25, -0.2) is 4.39 Å². The summed E-state index contributed by atoms with van der Waals surface area (Å²) in [5.41, 5.74) is 0.182. The van der Waals surface area contributed by atoms with Crippen molar-refractivity contribution in [2.75, 3.05) is 5.32 Å². The number of rotatable bonds is 5. The lowest BCUT2D eigenvalue weighted by Crippen LogP contribution is -2.15. The van der Waals surface area contributed by atoms with Gasteiger partial charge in [0.2, 0.25) is 16.3 Å². The van der Waals surface area contributed by atoms with E-state index >= 15 is 0 Å². The van der Waals surface area contributed by atoms with Crippen LogP contribution in [0.1, 0.15) is 21.1 Å². The van der Waals surface area contributed by atoms with E-state index in [0.717, 1.165) is 12.3 Å². The zero-order chi connectivity index (χ0) is 17.8. The van der Waals surface area contributed by atoms with Crippen LogP contribution in [0.2, 0.25) is 0 Å². The van der Waals surface area contributed by atoms with Gasteiger partial charge in [0.25, 0.3) is 5.91 Å². The molecule has 25 heavy (non-hydrogen) atoms. The Morgan fingerprint density at radius 1 is 1.32 bits per heavy atom. The van der Waals surface area contributed by atoms with Gasteiger partial charge in [0.15, 0.2) is 5.76 Å². The van der Waals surface area contributed by atoms with E-state index in [1.165, 1.54) is 23.5 Å². The summed E-state index contributed by atoms with van der Waals surface area (Å²) in [4.78, 5) is 24.0. The molecule has 2 aromatic heterocycles. The van der Waals surface area contributed by atoms with Crippen molar-refractivity contribution < 1.29 is 18.3 Å². The van der Waals surface area contributed by atoms with Crippen molar-refractivity contribution in [3.05, 3.63) is 69.0 Å². The van der Waals surface area contributed by atoms with Gasteiger partial charge < -0.3 is 9.15 Å². The van der Waals surface area contributed by atoms with E-state index in [0.29, 0.717) is 15.7 Å². The second-order valence-electron chi connectivity index (χ2n) is 4.97. The molecular weight excluding hydrogens is 349 g/mol. The Labute approximate surface area is 145 Å². The van der Waals surface area contributed by atoms with Gasteiger partial charge in [-0.15, -0.1) is 10.2 Å². The molecule has 0 aliphatic carbocycles. The molecule has 7 nitrogen and oxygen atoms in total. The van der Waals surface area contributed by atoms with Crippen LogP contribution in [0.15, 0.2) is 45.8 Å². The van der Waals surface area contributed by atoms with Crippen LogP contribution in [-0.4, -0.2) is 16.1 Å². The number of anilines is 1. The first-order chi connectivity index (χ1) is 12.0. The van der Waals surface area contributed by atoms with Gasteiger partial charge in [0, 0.05) is 6.07 Å². The molecule has 0 aliphatic rings. The minimum absolute atomic E-state index is 0.0485. The second-order valence-corrected chi connectivity index (χ2v) is 6.15. The fourth-order valence-electron chi connectivity index (χ4n) is 1.87. The SMILES string of the molecule is Cc1nnc(NC(=O)c2cc(=O)c(OCc3ccc(F)cc3)co2)s1. The number of amides is 1. The van der Waals surface area contributed by atoms with Crippen molar-refractivity contribution >= 4 is 22.4 Å². The molecule has 3 rings (SSSR count). The van der Waals surface area contributed by atoms with Crippen LogP contribution in [0.25, 0.3) is 0 Å². The third-order valence-electron chi connectivity index (χ3n) is 3.08. The highest BCUT2D eigenvalue weighted by atomic mass is 32.1. The Hall–Kier alpha value is -3.07. The first-order valence-corrected chi connectivity index (χ1v) is 7.94. The number of aryl methyl sites for hydroxylation is 1. The number of ether oxygens (including phenoxy) is 1. The lowest BCUT2D eigenvalue weighted by molar-refractivity contribution is 0.0993. The zero-order valence-corrected chi connectivity index (χ0v) is 13.8. The standard InChI is InChI=1S/C16H12FN3O4S/c1-9-19-20-16(25-9)18-15(22)13-6-12(21)14(8-24-13)23-7-10-2-4-11(17)5-3-10/h2-6,8H,7H2,1H3,(H,18,20,22).